The van der Waals surface area contributed by atoms with Crippen molar-refractivity contribution < 1.29 is 4.92 Å². The summed E-state index contributed by atoms with van der Waals surface area (Å²) in [4.78, 5) is 9.98. The summed E-state index contributed by atoms with van der Waals surface area (Å²) in [5.41, 5.74) is 0.992. The zero-order chi connectivity index (χ0) is 9.84. The van der Waals surface area contributed by atoms with Crippen molar-refractivity contribution in [2.24, 2.45) is 0 Å². The Morgan fingerprint density at radius 1 is 1.62 bits per heavy atom. The van der Waals surface area contributed by atoms with Crippen molar-refractivity contribution in [1.29, 1.82) is 0 Å². The van der Waals surface area contributed by atoms with Crippen LogP contribution in [0.1, 0.15) is 18.4 Å². The number of rotatable bonds is 3. The van der Waals surface area contributed by atoms with E-state index in [1.165, 1.54) is 0 Å². The zero-order valence-electron chi connectivity index (χ0n) is 7.24. The second kappa shape index (κ2) is 4.37. The Kier molecular flexibility index (Phi) is 3.42. The first-order chi connectivity index (χ1) is 6.09. The molecule has 0 N–H and O–H groups in total. The van der Waals surface area contributed by atoms with Gasteiger partial charge in [0.05, 0.1) is 0 Å². The highest BCUT2D eigenvalue weighted by Gasteiger charge is 2.11. The van der Waals surface area contributed by atoms with E-state index in [1.807, 2.05) is 31.2 Å². The predicted octanol–water partition coefficient (Wildman–Crippen LogP) is 2.83. The van der Waals surface area contributed by atoms with E-state index >= 15 is 0 Å². The van der Waals surface area contributed by atoms with Gasteiger partial charge in [-0.05, 0) is 17.7 Å². The summed E-state index contributed by atoms with van der Waals surface area (Å²) in [6, 6.07) is 7.60. The van der Waals surface area contributed by atoms with Crippen LogP contribution in [-0.4, -0.2) is 11.5 Å². The molecule has 0 fully saturated rings. The molecule has 3 nitrogen and oxygen atoms in total. The second-order valence-corrected chi connectivity index (χ2v) is 3.89. The van der Waals surface area contributed by atoms with Crippen LogP contribution in [0.2, 0.25) is 0 Å². The first-order valence-electron chi connectivity index (χ1n) is 3.97. The van der Waals surface area contributed by atoms with Gasteiger partial charge in [0.25, 0.3) is 0 Å². The zero-order valence-corrected chi connectivity index (χ0v) is 8.82. The molecule has 1 aromatic carbocycles. The van der Waals surface area contributed by atoms with Crippen molar-refractivity contribution in [1.82, 2.24) is 0 Å². The summed E-state index contributed by atoms with van der Waals surface area (Å²) >= 11 is 3.33. The molecule has 4 heteroatoms. The minimum absolute atomic E-state index is 0.0174. The number of hydrogen-bond acceptors (Lipinski definition) is 2. The lowest BCUT2D eigenvalue weighted by Crippen LogP contribution is -2.09. The first kappa shape index (κ1) is 10.2. The molecule has 0 aliphatic rings. The molecule has 0 aromatic heterocycles. The van der Waals surface area contributed by atoms with Crippen molar-refractivity contribution in [3.8, 4) is 0 Å². The summed E-state index contributed by atoms with van der Waals surface area (Å²) in [5.74, 6) is -0.0347. The molecular weight excluding hydrogens is 234 g/mol. The highest BCUT2D eigenvalue weighted by Crippen LogP contribution is 2.19. The van der Waals surface area contributed by atoms with Crippen molar-refractivity contribution in [3.63, 3.8) is 0 Å². The standard InChI is InChI=1S/C9H10BrNO2/c1-7(6-11(12)13)8-3-2-4-9(10)5-8/h2-5,7H,6H2,1H3. The summed E-state index contributed by atoms with van der Waals surface area (Å²) in [5, 5.41) is 10.3. The van der Waals surface area contributed by atoms with E-state index in [-0.39, 0.29) is 17.4 Å². The van der Waals surface area contributed by atoms with Gasteiger partial charge in [0, 0.05) is 15.3 Å². The summed E-state index contributed by atoms with van der Waals surface area (Å²) < 4.78 is 0.959. The smallest absolute Gasteiger partial charge is 0.210 e. The molecule has 13 heavy (non-hydrogen) atoms. The minimum atomic E-state index is -0.286. The summed E-state index contributed by atoms with van der Waals surface area (Å²) in [6.45, 7) is 1.83. The molecule has 1 aromatic rings. The van der Waals surface area contributed by atoms with Crippen LogP contribution in [0.4, 0.5) is 0 Å². The average molecular weight is 244 g/mol. The van der Waals surface area contributed by atoms with Crippen molar-refractivity contribution in [3.05, 3.63) is 44.4 Å². The maximum absolute atomic E-state index is 10.3. The Hall–Kier alpha value is -0.900. The van der Waals surface area contributed by atoms with Gasteiger partial charge < -0.3 is 0 Å². The van der Waals surface area contributed by atoms with E-state index in [2.05, 4.69) is 15.9 Å². The fourth-order valence-corrected chi connectivity index (χ4v) is 1.56. The van der Waals surface area contributed by atoms with Gasteiger partial charge in [-0.25, -0.2) is 0 Å². The van der Waals surface area contributed by atoms with Crippen LogP contribution >= 0.6 is 15.9 Å². The van der Waals surface area contributed by atoms with Gasteiger partial charge in [-0.15, -0.1) is 0 Å². The van der Waals surface area contributed by atoms with Crippen LogP contribution in [-0.2, 0) is 0 Å². The molecule has 0 aliphatic heterocycles. The van der Waals surface area contributed by atoms with Crippen LogP contribution in [0.5, 0.6) is 0 Å². The third-order valence-electron chi connectivity index (χ3n) is 1.84. The molecule has 0 heterocycles. The van der Waals surface area contributed by atoms with Crippen molar-refractivity contribution >= 4 is 15.9 Å². The molecule has 1 unspecified atom stereocenters. The molecular formula is C9H10BrNO2. The van der Waals surface area contributed by atoms with Gasteiger partial charge in [-0.3, -0.25) is 10.1 Å². The van der Waals surface area contributed by atoms with Gasteiger partial charge in [0.1, 0.15) is 0 Å². The Morgan fingerprint density at radius 3 is 2.85 bits per heavy atom. The van der Waals surface area contributed by atoms with E-state index in [0.29, 0.717) is 0 Å². The molecule has 0 aliphatic carbocycles. The lowest BCUT2D eigenvalue weighted by atomic mass is 10.0. The number of halogens is 1. The lowest BCUT2D eigenvalue weighted by Gasteiger charge is -2.06. The van der Waals surface area contributed by atoms with E-state index in [4.69, 9.17) is 0 Å². The van der Waals surface area contributed by atoms with E-state index in [1.54, 1.807) is 0 Å². The summed E-state index contributed by atoms with van der Waals surface area (Å²) in [6.07, 6.45) is 0. The third-order valence-corrected chi connectivity index (χ3v) is 2.33. The van der Waals surface area contributed by atoms with Crippen LogP contribution < -0.4 is 0 Å². The monoisotopic (exact) mass is 243 g/mol. The highest BCUT2D eigenvalue weighted by molar-refractivity contribution is 9.10. The largest absolute Gasteiger partial charge is 0.265 e. The van der Waals surface area contributed by atoms with Crippen molar-refractivity contribution in [2.75, 3.05) is 6.54 Å². The third kappa shape index (κ3) is 3.14. The van der Waals surface area contributed by atoms with Crippen LogP contribution in [0.15, 0.2) is 28.7 Å². The number of nitrogens with zero attached hydrogens (tertiary/aromatic N) is 1. The van der Waals surface area contributed by atoms with E-state index in [9.17, 15) is 10.1 Å². The molecule has 0 saturated heterocycles. The van der Waals surface area contributed by atoms with E-state index < -0.39 is 0 Å². The van der Waals surface area contributed by atoms with Gasteiger partial charge in [0.15, 0.2) is 0 Å². The Bertz CT molecular complexity index is 314. The quantitative estimate of drug-likeness (QED) is 0.606. The number of nitro groups is 1. The number of benzene rings is 1. The highest BCUT2D eigenvalue weighted by atomic mass is 79.9. The normalized spacial score (nSPS) is 12.5. The molecule has 1 rings (SSSR count). The summed E-state index contributed by atoms with van der Waals surface area (Å²) in [7, 11) is 0. The van der Waals surface area contributed by atoms with Gasteiger partial charge in [-0.2, -0.15) is 0 Å². The fraction of sp³-hybridized carbons (Fsp3) is 0.333. The minimum Gasteiger partial charge on any atom is -0.265 e. The fourth-order valence-electron chi connectivity index (χ4n) is 1.14. The molecule has 1 atom stereocenters. The van der Waals surface area contributed by atoms with Gasteiger partial charge >= 0.3 is 0 Å². The Balaban J connectivity index is 2.76. The van der Waals surface area contributed by atoms with Gasteiger partial charge in [-0.1, -0.05) is 35.0 Å². The van der Waals surface area contributed by atoms with E-state index in [0.717, 1.165) is 10.0 Å². The SMILES string of the molecule is CC(C[N+](=O)[O-])c1cccc(Br)c1. The molecule has 0 bridgehead atoms. The lowest BCUT2D eigenvalue weighted by molar-refractivity contribution is -0.482. The first-order valence-corrected chi connectivity index (χ1v) is 4.76. The molecule has 0 radical (unpaired) electrons. The van der Waals surface area contributed by atoms with Crippen molar-refractivity contribution in [2.45, 2.75) is 12.8 Å². The molecule has 0 amide bonds. The molecule has 0 saturated carbocycles. The van der Waals surface area contributed by atoms with Gasteiger partial charge in [0.2, 0.25) is 6.54 Å². The Labute approximate surface area is 85.0 Å². The topological polar surface area (TPSA) is 43.1 Å². The second-order valence-electron chi connectivity index (χ2n) is 2.97. The van der Waals surface area contributed by atoms with Crippen LogP contribution in [0, 0.1) is 10.1 Å². The maximum Gasteiger partial charge on any atom is 0.210 e. The average Bonchev–Trinajstić information content (AvgIpc) is 2.03. The Morgan fingerprint density at radius 2 is 2.31 bits per heavy atom. The molecule has 0 spiro atoms. The predicted molar refractivity (Wildman–Crippen MR) is 54.4 cm³/mol. The maximum atomic E-state index is 10.3. The number of hydrogen-bond donors (Lipinski definition) is 0. The molecule has 70 valence electrons. The van der Waals surface area contributed by atoms with Crippen LogP contribution in [0.3, 0.4) is 0 Å². The van der Waals surface area contributed by atoms with Crippen LogP contribution in [0.25, 0.3) is 0 Å².